The van der Waals surface area contributed by atoms with Gasteiger partial charge in [0, 0.05) is 18.6 Å². The number of aliphatic hydroxyl groups excluding tert-OH is 2. The molecule has 0 bridgehead atoms. The fourth-order valence-electron chi connectivity index (χ4n) is 3.58. The third-order valence-electron chi connectivity index (χ3n) is 4.54. The molecule has 0 aliphatic heterocycles. The lowest BCUT2D eigenvalue weighted by Gasteiger charge is -2.42. The summed E-state index contributed by atoms with van der Waals surface area (Å²) in [7, 11) is 0. The van der Waals surface area contributed by atoms with Crippen LogP contribution in [0.25, 0.3) is 0 Å². The molecule has 3 nitrogen and oxygen atoms in total. The van der Waals surface area contributed by atoms with E-state index >= 15 is 0 Å². The summed E-state index contributed by atoms with van der Waals surface area (Å²) < 4.78 is 0. The van der Waals surface area contributed by atoms with E-state index in [0.717, 1.165) is 32.2 Å². The number of aliphatic hydroxyl groups is 2. The molecule has 0 saturated heterocycles. The molecule has 0 heterocycles. The Morgan fingerprint density at radius 3 is 2.00 bits per heavy atom. The van der Waals surface area contributed by atoms with Crippen molar-refractivity contribution in [2.45, 2.75) is 76.0 Å². The Morgan fingerprint density at radius 2 is 1.41 bits per heavy atom. The standard InChI is InChI=1S/C14H27NO2/c16-11-10-15(12-4-2-1-3-5-12)13-6-8-14(17)9-7-13/h12-14,16-17H,1-11H2. The number of rotatable bonds is 4. The second kappa shape index (κ2) is 6.72. The highest BCUT2D eigenvalue weighted by Gasteiger charge is 2.30. The molecular formula is C14H27NO2. The van der Waals surface area contributed by atoms with Gasteiger partial charge in [-0.2, -0.15) is 0 Å². The summed E-state index contributed by atoms with van der Waals surface area (Å²) in [5.74, 6) is 0. The molecule has 100 valence electrons. The third-order valence-corrected chi connectivity index (χ3v) is 4.54. The van der Waals surface area contributed by atoms with Crippen LogP contribution in [0.4, 0.5) is 0 Å². The van der Waals surface area contributed by atoms with Gasteiger partial charge < -0.3 is 10.2 Å². The number of nitrogens with zero attached hydrogens (tertiary/aromatic N) is 1. The predicted molar refractivity (Wildman–Crippen MR) is 68.9 cm³/mol. The van der Waals surface area contributed by atoms with Crippen LogP contribution in [-0.4, -0.2) is 46.5 Å². The molecule has 0 amide bonds. The lowest BCUT2D eigenvalue weighted by molar-refractivity contribution is 0.0307. The fourth-order valence-corrected chi connectivity index (χ4v) is 3.58. The summed E-state index contributed by atoms with van der Waals surface area (Å²) in [5, 5.41) is 18.8. The molecule has 2 saturated carbocycles. The first-order valence-electron chi connectivity index (χ1n) is 7.36. The first-order chi connectivity index (χ1) is 8.31. The predicted octanol–water partition coefficient (Wildman–Crippen LogP) is 1.92. The van der Waals surface area contributed by atoms with Crippen molar-refractivity contribution < 1.29 is 10.2 Å². The average Bonchev–Trinajstić information content (AvgIpc) is 2.38. The molecule has 2 aliphatic carbocycles. The van der Waals surface area contributed by atoms with Gasteiger partial charge in [0.15, 0.2) is 0 Å². The monoisotopic (exact) mass is 241 g/mol. The minimum Gasteiger partial charge on any atom is -0.395 e. The Labute approximate surface area is 105 Å². The fraction of sp³-hybridized carbons (Fsp3) is 1.00. The Bertz CT molecular complexity index is 208. The van der Waals surface area contributed by atoms with Crippen molar-refractivity contribution in [1.82, 2.24) is 4.90 Å². The van der Waals surface area contributed by atoms with Crippen LogP contribution < -0.4 is 0 Å². The summed E-state index contributed by atoms with van der Waals surface area (Å²) in [6, 6.07) is 1.30. The van der Waals surface area contributed by atoms with Gasteiger partial charge in [0.25, 0.3) is 0 Å². The lowest BCUT2D eigenvalue weighted by atomic mass is 9.87. The van der Waals surface area contributed by atoms with Crippen LogP contribution >= 0.6 is 0 Å². The molecule has 0 radical (unpaired) electrons. The van der Waals surface area contributed by atoms with E-state index < -0.39 is 0 Å². The van der Waals surface area contributed by atoms with Crippen LogP contribution in [0.3, 0.4) is 0 Å². The first-order valence-corrected chi connectivity index (χ1v) is 7.36. The largest absolute Gasteiger partial charge is 0.395 e. The van der Waals surface area contributed by atoms with E-state index in [1.807, 2.05) is 0 Å². The summed E-state index contributed by atoms with van der Waals surface area (Å²) >= 11 is 0. The molecule has 3 heteroatoms. The summed E-state index contributed by atoms with van der Waals surface area (Å²) in [6.07, 6.45) is 10.7. The van der Waals surface area contributed by atoms with Crippen LogP contribution in [-0.2, 0) is 0 Å². The maximum absolute atomic E-state index is 9.58. The van der Waals surface area contributed by atoms with E-state index in [-0.39, 0.29) is 12.7 Å². The van der Waals surface area contributed by atoms with Gasteiger partial charge in [0.2, 0.25) is 0 Å². The molecule has 0 aromatic heterocycles. The van der Waals surface area contributed by atoms with E-state index in [4.69, 9.17) is 0 Å². The van der Waals surface area contributed by atoms with Gasteiger partial charge in [0.1, 0.15) is 0 Å². The van der Waals surface area contributed by atoms with Crippen molar-refractivity contribution in [3.8, 4) is 0 Å². The van der Waals surface area contributed by atoms with Gasteiger partial charge in [-0.15, -0.1) is 0 Å². The van der Waals surface area contributed by atoms with Gasteiger partial charge >= 0.3 is 0 Å². The highest BCUT2D eigenvalue weighted by molar-refractivity contribution is 4.85. The SMILES string of the molecule is OCCN(C1CCCCC1)C1CCC(O)CC1. The zero-order valence-electron chi connectivity index (χ0n) is 10.9. The minimum absolute atomic E-state index is 0.0754. The first kappa shape index (κ1) is 13.3. The Hall–Kier alpha value is -0.120. The van der Waals surface area contributed by atoms with Gasteiger partial charge in [-0.25, -0.2) is 0 Å². The molecule has 0 aromatic carbocycles. The summed E-state index contributed by atoms with van der Waals surface area (Å²) in [6.45, 7) is 1.10. The average molecular weight is 241 g/mol. The maximum Gasteiger partial charge on any atom is 0.0558 e. The quantitative estimate of drug-likeness (QED) is 0.790. The molecule has 2 rings (SSSR count). The van der Waals surface area contributed by atoms with Crippen molar-refractivity contribution in [2.24, 2.45) is 0 Å². The molecule has 0 aromatic rings. The molecule has 0 spiro atoms. The Kier molecular flexibility index (Phi) is 5.26. The second-order valence-electron chi connectivity index (χ2n) is 5.72. The molecule has 2 N–H and O–H groups in total. The smallest absolute Gasteiger partial charge is 0.0558 e. The van der Waals surface area contributed by atoms with E-state index in [1.165, 1.54) is 32.1 Å². The highest BCUT2D eigenvalue weighted by Crippen LogP contribution is 2.29. The van der Waals surface area contributed by atoms with Crippen LogP contribution in [0.5, 0.6) is 0 Å². The Balaban J connectivity index is 1.90. The second-order valence-corrected chi connectivity index (χ2v) is 5.72. The lowest BCUT2D eigenvalue weighted by Crippen LogP contribution is -2.47. The normalized spacial score (nSPS) is 31.9. The summed E-state index contributed by atoms with van der Waals surface area (Å²) in [4.78, 5) is 2.55. The van der Waals surface area contributed by atoms with Crippen molar-refractivity contribution in [2.75, 3.05) is 13.2 Å². The van der Waals surface area contributed by atoms with E-state index in [2.05, 4.69) is 4.90 Å². The van der Waals surface area contributed by atoms with Crippen LogP contribution in [0.2, 0.25) is 0 Å². The van der Waals surface area contributed by atoms with Crippen molar-refractivity contribution in [1.29, 1.82) is 0 Å². The van der Waals surface area contributed by atoms with Crippen LogP contribution in [0, 0.1) is 0 Å². The molecule has 0 unspecified atom stereocenters. The third kappa shape index (κ3) is 3.67. The minimum atomic E-state index is -0.0754. The molecule has 17 heavy (non-hydrogen) atoms. The van der Waals surface area contributed by atoms with Gasteiger partial charge in [0.05, 0.1) is 12.7 Å². The molecule has 0 atom stereocenters. The topological polar surface area (TPSA) is 43.7 Å². The number of hydrogen-bond acceptors (Lipinski definition) is 3. The van der Waals surface area contributed by atoms with Gasteiger partial charge in [-0.05, 0) is 38.5 Å². The van der Waals surface area contributed by atoms with Crippen molar-refractivity contribution in [3.63, 3.8) is 0 Å². The molecule has 2 aliphatic rings. The van der Waals surface area contributed by atoms with Crippen LogP contribution in [0.1, 0.15) is 57.8 Å². The van der Waals surface area contributed by atoms with E-state index in [0.29, 0.717) is 12.1 Å². The zero-order chi connectivity index (χ0) is 12.1. The van der Waals surface area contributed by atoms with Crippen molar-refractivity contribution in [3.05, 3.63) is 0 Å². The van der Waals surface area contributed by atoms with Crippen LogP contribution in [0.15, 0.2) is 0 Å². The summed E-state index contributed by atoms with van der Waals surface area (Å²) in [5.41, 5.74) is 0. The van der Waals surface area contributed by atoms with Crippen molar-refractivity contribution >= 4 is 0 Å². The van der Waals surface area contributed by atoms with Gasteiger partial charge in [-0.3, -0.25) is 4.90 Å². The van der Waals surface area contributed by atoms with E-state index in [1.54, 1.807) is 0 Å². The van der Waals surface area contributed by atoms with E-state index in [9.17, 15) is 10.2 Å². The molecule has 2 fully saturated rings. The highest BCUT2D eigenvalue weighted by atomic mass is 16.3. The molecular weight excluding hydrogens is 214 g/mol. The van der Waals surface area contributed by atoms with Gasteiger partial charge in [-0.1, -0.05) is 19.3 Å². The number of hydrogen-bond donors (Lipinski definition) is 2. The Morgan fingerprint density at radius 1 is 0.824 bits per heavy atom. The zero-order valence-corrected chi connectivity index (χ0v) is 10.9. The maximum atomic E-state index is 9.58.